The molecule has 2 nitrogen and oxygen atoms in total. The summed E-state index contributed by atoms with van der Waals surface area (Å²) in [7, 11) is -0.617. The van der Waals surface area contributed by atoms with Crippen LogP contribution in [0.2, 0.25) is 0 Å². The Kier molecular flexibility index (Phi) is 4.96. The molecule has 78 valence electrons. The lowest BCUT2D eigenvalue weighted by atomic mass is 10.1. The molecule has 0 saturated heterocycles. The van der Waals surface area contributed by atoms with Crippen molar-refractivity contribution in [2.45, 2.75) is 38.6 Å². The van der Waals surface area contributed by atoms with Crippen LogP contribution in [0.25, 0.3) is 0 Å². The molecule has 0 bridgehead atoms. The molecular formula is C10H21NOS. The molecule has 0 aliphatic heterocycles. The molecule has 3 unspecified atom stereocenters. The molecule has 3 atom stereocenters. The minimum Gasteiger partial charge on any atom is -0.314 e. The molecule has 0 radical (unpaired) electrons. The van der Waals surface area contributed by atoms with Gasteiger partial charge in [-0.1, -0.05) is 13.3 Å². The zero-order chi connectivity index (χ0) is 9.68. The molecule has 1 N–H and O–H groups in total. The maximum atomic E-state index is 10.8. The highest BCUT2D eigenvalue weighted by atomic mass is 32.2. The summed E-state index contributed by atoms with van der Waals surface area (Å²) in [4.78, 5) is 0. The Labute approximate surface area is 83.9 Å². The Hall–Kier alpha value is 0.110. The topological polar surface area (TPSA) is 29.1 Å². The summed E-state index contributed by atoms with van der Waals surface area (Å²) in [6.45, 7) is 3.36. The van der Waals surface area contributed by atoms with Crippen LogP contribution >= 0.6 is 0 Å². The molecule has 1 aliphatic rings. The Balaban J connectivity index is 2.02. The number of hydrogen-bond acceptors (Lipinski definition) is 2. The summed E-state index contributed by atoms with van der Waals surface area (Å²) in [6.07, 6.45) is 6.90. The van der Waals surface area contributed by atoms with Crippen molar-refractivity contribution in [1.82, 2.24) is 5.32 Å². The van der Waals surface area contributed by atoms with E-state index >= 15 is 0 Å². The van der Waals surface area contributed by atoms with Gasteiger partial charge >= 0.3 is 0 Å². The molecule has 1 saturated carbocycles. The van der Waals surface area contributed by atoms with E-state index in [9.17, 15) is 4.21 Å². The number of hydrogen-bond donors (Lipinski definition) is 1. The fourth-order valence-corrected chi connectivity index (χ4v) is 2.56. The molecular weight excluding hydrogens is 182 g/mol. The van der Waals surface area contributed by atoms with Crippen molar-refractivity contribution >= 4 is 10.8 Å². The Bertz CT molecular complexity index is 172. The third kappa shape index (κ3) is 4.23. The van der Waals surface area contributed by atoms with E-state index in [4.69, 9.17) is 0 Å². The van der Waals surface area contributed by atoms with E-state index in [2.05, 4.69) is 12.2 Å². The molecule has 0 aromatic carbocycles. The Morgan fingerprint density at radius 1 is 1.46 bits per heavy atom. The van der Waals surface area contributed by atoms with Gasteiger partial charge in [-0.25, -0.2) is 0 Å². The van der Waals surface area contributed by atoms with E-state index in [1.807, 2.05) is 0 Å². The van der Waals surface area contributed by atoms with Gasteiger partial charge in [0.05, 0.1) is 0 Å². The summed E-state index contributed by atoms with van der Waals surface area (Å²) in [5, 5.41) is 3.55. The molecule has 1 aliphatic carbocycles. The molecule has 0 amide bonds. The third-order valence-electron chi connectivity index (χ3n) is 2.88. The summed E-state index contributed by atoms with van der Waals surface area (Å²) in [6, 6.07) is 0.727. The normalized spacial score (nSPS) is 30.6. The molecule has 0 heterocycles. The van der Waals surface area contributed by atoms with Gasteiger partial charge in [-0.2, -0.15) is 0 Å². The number of nitrogens with one attached hydrogen (secondary N) is 1. The third-order valence-corrected chi connectivity index (χ3v) is 3.74. The van der Waals surface area contributed by atoms with E-state index in [0.717, 1.165) is 30.7 Å². The minimum atomic E-state index is -0.617. The number of rotatable bonds is 5. The molecule has 3 heteroatoms. The highest BCUT2D eigenvalue weighted by molar-refractivity contribution is 7.84. The first-order valence-electron chi connectivity index (χ1n) is 5.23. The lowest BCUT2D eigenvalue weighted by Gasteiger charge is -2.16. The van der Waals surface area contributed by atoms with Crippen LogP contribution in [0, 0.1) is 5.92 Å². The van der Waals surface area contributed by atoms with Crippen molar-refractivity contribution in [3.05, 3.63) is 0 Å². The van der Waals surface area contributed by atoms with E-state index in [1.165, 1.54) is 19.3 Å². The predicted octanol–water partition coefficient (Wildman–Crippen LogP) is 1.53. The smallest absolute Gasteiger partial charge is 0.0244 e. The first kappa shape index (κ1) is 11.2. The van der Waals surface area contributed by atoms with Gasteiger partial charge in [0.25, 0.3) is 0 Å². The second kappa shape index (κ2) is 5.76. The van der Waals surface area contributed by atoms with Gasteiger partial charge in [-0.3, -0.25) is 4.21 Å². The Morgan fingerprint density at radius 2 is 2.23 bits per heavy atom. The fraction of sp³-hybridized carbons (Fsp3) is 1.00. The highest BCUT2D eigenvalue weighted by Gasteiger charge is 2.21. The average Bonchev–Trinajstić information content (AvgIpc) is 2.45. The second-order valence-electron chi connectivity index (χ2n) is 4.10. The quantitative estimate of drug-likeness (QED) is 0.687. The zero-order valence-corrected chi connectivity index (χ0v) is 9.53. The molecule has 1 rings (SSSR count). The largest absolute Gasteiger partial charge is 0.314 e. The standard InChI is InChI=1S/C10H21NOS/c1-9-5-3-6-10(9)11-7-4-8-13(2)12/h9-11H,3-8H2,1-2H3. The summed E-state index contributed by atoms with van der Waals surface area (Å²) >= 11 is 0. The van der Waals surface area contributed by atoms with Crippen molar-refractivity contribution in [3.8, 4) is 0 Å². The molecule has 13 heavy (non-hydrogen) atoms. The van der Waals surface area contributed by atoms with Crippen molar-refractivity contribution in [2.24, 2.45) is 5.92 Å². The van der Waals surface area contributed by atoms with Crippen molar-refractivity contribution in [1.29, 1.82) is 0 Å². The summed E-state index contributed by atoms with van der Waals surface area (Å²) in [5.41, 5.74) is 0. The van der Waals surface area contributed by atoms with Gasteiger partial charge in [0.15, 0.2) is 0 Å². The van der Waals surface area contributed by atoms with E-state index < -0.39 is 10.8 Å². The monoisotopic (exact) mass is 203 g/mol. The van der Waals surface area contributed by atoms with Crippen LogP contribution in [-0.2, 0) is 10.8 Å². The van der Waals surface area contributed by atoms with Crippen LogP contribution in [0.3, 0.4) is 0 Å². The molecule has 0 spiro atoms. The van der Waals surface area contributed by atoms with Crippen molar-refractivity contribution < 1.29 is 4.21 Å². The van der Waals surface area contributed by atoms with Gasteiger partial charge in [-0.05, 0) is 31.7 Å². The van der Waals surface area contributed by atoms with Crippen LogP contribution in [0.1, 0.15) is 32.6 Å². The van der Waals surface area contributed by atoms with Crippen LogP contribution in [0.4, 0.5) is 0 Å². The van der Waals surface area contributed by atoms with Crippen LogP contribution in [-0.4, -0.2) is 28.8 Å². The first-order valence-corrected chi connectivity index (χ1v) is 6.96. The lowest BCUT2D eigenvalue weighted by molar-refractivity contribution is 0.428. The van der Waals surface area contributed by atoms with Gasteiger partial charge in [-0.15, -0.1) is 0 Å². The van der Waals surface area contributed by atoms with Crippen LogP contribution in [0.15, 0.2) is 0 Å². The van der Waals surface area contributed by atoms with E-state index in [1.54, 1.807) is 6.26 Å². The minimum absolute atomic E-state index is 0.617. The molecule has 1 fully saturated rings. The maximum absolute atomic E-state index is 10.8. The SMILES string of the molecule is CC1CCCC1NCCCS(C)=O. The first-order chi connectivity index (χ1) is 6.20. The molecule has 0 aromatic heterocycles. The maximum Gasteiger partial charge on any atom is 0.0244 e. The second-order valence-corrected chi connectivity index (χ2v) is 5.65. The molecule has 0 aromatic rings. The van der Waals surface area contributed by atoms with Crippen molar-refractivity contribution in [3.63, 3.8) is 0 Å². The van der Waals surface area contributed by atoms with Crippen molar-refractivity contribution in [2.75, 3.05) is 18.6 Å². The predicted molar refractivity (Wildman–Crippen MR) is 58.4 cm³/mol. The Morgan fingerprint density at radius 3 is 2.77 bits per heavy atom. The van der Waals surface area contributed by atoms with Gasteiger partial charge in [0.1, 0.15) is 0 Å². The van der Waals surface area contributed by atoms with Gasteiger partial charge in [0, 0.05) is 28.9 Å². The van der Waals surface area contributed by atoms with Crippen LogP contribution in [0.5, 0.6) is 0 Å². The van der Waals surface area contributed by atoms with Gasteiger partial charge < -0.3 is 5.32 Å². The van der Waals surface area contributed by atoms with Crippen LogP contribution < -0.4 is 5.32 Å². The van der Waals surface area contributed by atoms with E-state index in [0.29, 0.717) is 0 Å². The van der Waals surface area contributed by atoms with Gasteiger partial charge in [0.2, 0.25) is 0 Å². The lowest BCUT2D eigenvalue weighted by Crippen LogP contribution is -2.32. The fourth-order valence-electron chi connectivity index (χ4n) is 2.01. The van der Waals surface area contributed by atoms with E-state index in [-0.39, 0.29) is 0 Å². The summed E-state index contributed by atoms with van der Waals surface area (Å²) < 4.78 is 10.8. The highest BCUT2D eigenvalue weighted by Crippen LogP contribution is 2.24. The zero-order valence-electron chi connectivity index (χ0n) is 8.71. The summed E-state index contributed by atoms with van der Waals surface area (Å²) in [5.74, 6) is 1.68. The average molecular weight is 203 g/mol.